The van der Waals surface area contributed by atoms with Crippen LogP contribution < -0.4 is 9.62 Å². The molecule has 1 saturated heterocycles. The summed E-state index contributed by atoms with van der Waals surface area (Å²) in [5.41, 5.74) is 2.13. The molecular formula is C26H38N4O5S2. The van der Waals surface area contributed by atoms with Crippen molar-refractivity contribution in [1.82, 2.24) is 4.90 Å². The highest BCUT2D eigenvalue weighted by molar-refractivity contribution is 7.93. The van der Waals surface area contributed by atoms with Crippen molar-refractivity contribution in [3.63, 3.8) is 0 Å². The molecule has 2 aromatic carbocycles. The maximum atomic E-state index is 13.8. The first-order chi connectivity index (χ1) is 17.3. The number of carboxylic acids is 1. The Morgan fingerprint density at radius 3 is 2.43 bits per heavy atom. The molecule has 1 fully saturated rings. The summed E-state index contributed by atoms with van der Waals surface area (Å²) in [6.45, 7) is 8.04. The van der Waals surface area contributed by atoms with Crippen molar-refractivity contribution in [1.29, 1.82) is 4.78 Å². The SMILES string of the molecule is CCc1ccc(N(CC(C)C)S(=O)(=O)c2ccc(NCC3CCN(CC(=O)O)C3)c(S(C)(=N)=O)c2)cc1. The Bertz CT molecular complexity index is 1310. The Morgan fingerprint density at radius 2 is 1.86 bits per heavy atom. The molecular weight excluding hydrogens is 512 g/mol. The van der Waals surface area contributed by atoms with Crippen LogP contribution in [-0.2, 0) is 31.0 Å². The smallest absolute Gasteiger partial charge is 0.317 e. The van der Waals surface area contributed by atoms with Gasteiger partial charge in [0.05, 0.1) is 37.4 Å². The molecule has 1 aliphatic heterocycles. The number of hydrogen-bond acceptors (Lipinski definition) is 7. The highest BCUT2D eigenvalue weighted by Gasteiger charge is 2.28. The topological polar surface area (TPSA) is 131 Å². The van der Waals surface area contributed by atoms with E-state index in [4.69, 9.17) is 9.89 Å². The monoisotopic (exact) mass is 550 g/mol. The quantitative estimate of drug-likeness (QED) is 0.365. The van der Waals surface area contributed by atoms with Crippen LogP contribution in [0.25, 0.3) is 0 Å². The predicted molar refractivity (Wildman–Crippen MR) is 147 cm³/mol. The van der Waals surface area contributed by atoms with Gasteiger partial charge >= 0.3 is 5.97 Å². The summed E-state index contributed by atoms with van der Waals surface area (Å²) in [5.74, 6) is -0.595. The number of benzene rings is 2. The van der Waals surface area contributed by atoms with Gasteiger partial charge in [0.15, 0.2) is 0 Å². The molecule has 0 radical (unpaired) electrons. The van der Waals surface area contributed by atoms with Crippen LogP contribution in [0.15, 0.2) is 52.3 Å². The lowest BCUT2D eigenvalue weighted by Crippen LogP contribution is -2.34. The zero-order chi connectivity index (χ0) is 27.4. The molecule has 3 rings (SSSR count). The number of nitrogens with one attached hydrogen (secondary N) is 2. The van der Waals surface area contributed by atoms with Gasteiger partial charge in [0.1, 0.15) is 0 Å². The Balaban J connectivity index is 1.90. The highest BCUT2D eigenvalue weighted by Crippen LogP contribution is 2.31. The van der Waals surface area contributed by atoms with E-state index in [0.29, 0.717) is 31.0 Å². The van der Waals surface area contributed by atoms with Gasteiger partial charge in [-0.3, -0.25) is 14.0 Å². The van der Waals surface area contributed by atoms with Crippen LogP contribution in [-0.4, -0.2) is 67.6 Å². The van der Waals surface area contributed by atoms with Crippen LogP contribution in [0.1, 0.15) is 32.8 Å². The number of nitrogens with zero attached hydrogens (tertiary/aromatic N) is 2. The minimum Gasteiger partial charge on any atom is -0.480 e. The van der Waals surface area contributed by atoms with E-state index in [1.807, 2.05) is 37.8 Å². The Hall–Kier alpha value is -2.63. The second kappa shape index (κ2) is 11.8. The molecule has 2 aromatic rings. The first kappa shape index (κ1) is 28.9. The summed E-state index contributed by atoms with van der Waals surface area (Å²) in [6.07, 6.45) is 2.96. The van der Waals surface area contributed by atoms with Crippen molar-refractivity contribution >= 4 is 37.1 Å². The fourth-order valence-electron chi connectivity index (χ4n) is 4.50. The lowest BCUT2D eigenvalue weighted by molar-refractivity contribution is -0.138. The lowest BCUT2D eigenvalue weighted by Gasteiger charge is -2.27. The minimum absolute atomic E-state index is 0.00213. The summed E-state index contributed by atoms with van der Waals surface area (Å²) < 4.78 is 50.1. The van der Waals surface area contributed by atoms with E-state index < -0.39 is 25.7 Å². The van der Waals surface area contributed by atoms with E-state index in [2.05, 4.69) is 5.32 Å². The second-order valence-corrected chi connectivity index (χ2v) is 14.1. The highest BCUT2D eigenvalue weighted by atomic mass is 32.2. The van der Waals surface area contributed by atoms with Crippen LogP contribution in [0.3, 0.4) is 0 Å². The Labute approximate surface area is 220 Å². The molecule has 0 saturated carbocycles. The van der Waals surface area contributed by atoms with Crippen molar-refractivity contribution in [3.8, 4) is 0 Å². The molecule has 0 spiro atoms. The van der Waals surface area contributed by atoms with Crippen LogP contribution in [0.2, 0.25) is 0 Å². The van der Waals surface area contributed by atoms with Gasteiger partial charge in [-0.25, -0.2) is 17.4 Å². The number of aliphatic carboxylic acids is 1. The Morgan fingerprint density at radius 1 is 1.19 bits per heavy atom. The Kier molecular flexibility index (Phi) is 9.25. The standard InChI is InChI=1S/C26H38N4O5S2/c1-5-20-6-8-22(9-7-20)30(16-19(2)3)37(34,35)23-10-11-24(25(14-23)36(4,27)33)28-15-21-12-13-29(17-21)18-26(31)32/h6-11,14,19,21,27-28H,5,12-13,15-18H2,1-4H3,(H,31,32). The van der Waals surface area contributed by atoms with Crippen molar-refractivity contribution in [2.24, 2.45) is 11.8 Å². The summed E-state index contributed by atoms with van der Waals surface area (Å²) in [7, 11) is -7.23. The third kappa shape index (κ3) is 7.45. The van der Waals surface area contributed by atoms with Gasteiger partial charge in [-0.05, 0) is 67.1 Å². The molecule has 0 aliphatic carbocycles. The van der Waals surface area contributed by atoms with E-state index >= 15 is 0 Å². The maximum absolute atomic E-state index is 13.8. The van der Waals surface area contributed by atoms with E-state index in [0.717, 1.165) is 18.4 Å². The van der Waals surface area contributed by atoms with Crippen LogP contribution in [0.4, 0.5) is 11.4 Å². The molecule has 3 N–H and O–H groups in total. The molecule has 204 valence electrons. The second-order valence-electron chi connectivity index (χ2n) is 10.1. The van der Waals surface area contributed by atoms with Gasteiger partial charge in [0.2, 0.25) is 0 Å². The fraction of sp³-hybridized carbons (Fsp3) is 0.500. The van der Waals surface area contributed by atoms with Crippen molar-refractivity contribution in [2.45, 2.75) is 43.4 Å². The first-order valence-electron chi connectivity index (χ1n) is 12.5. The van der Waals surface area contributed by atoms with Crippen molar-refractivity contribution < 1.29 is 22.5 Å². The van der Waals surface area contributed by atoms with Crippen molar-refractivity contribution in [2.75, 3.05) is 48.6 Å². The van der Waals surface area contributed by atoms with E-state index in [1.165, 1.54) is 22.7 Å². The van der Waals surface area contributed by atoms with Gasteiger partial charge in [-0.1, -0.05) is 32.9 Å². The predicted octanol–water partition coefficient (Wildman–Crippen LogP) is 3.95. The summed E-state index contributed by atoms with van der Waals surface area (Å²) in [4.78, 5) is 13.0. The fourth-order valence-corrected chi connectivity index (χ4v) is 7.14. The zero-order valence-corrected chi connectivity index (χ0v) is 23.6. The molecule has 37 heavy (non-hydrogen) atoms. The number of hydrogen-bond donors (Lipinski definition) is 3. The molecule has 9 nitrogen and oxygen atoms in total. The number of sulfonamides is 1. The number of carboxylic acid groups (broad SMARTS) is 1. The van der Waals surface area contributed by atoms with Crippen LogP contribution in [0.5, 0.6) is 0 Å². The molecule has 11 heteroatoms. The molecule has 0 aromatic heterocycles. The zero-order valence-electron chi connectivity index (χ0n) is 21.9. The largest absolute Gasteiger partial charge is 0.480 e. The van der Waals surface area contributed by atoms with Gasteiger partial charge < -0.3 is 10.4 Å². The van der Waals surface area contributed by atoms with Gasteiger partial charge in [-0.2, -0.15) is 0 Å². The molecule has 1 aliphatic rings. The van der Waals surface area contributed by atoms with Gasteiger partial charge in [0, 0.05) is 25.9 Å². The van der Waals surface area contributed by atoms with Crippen molar-refractivity contribution in [3.05, 3.63) is 48.0 Å². The van der Waals surface area contributed by atoms with E-state index in [1.54, 1.807) is 18.2 Å². The number of aryl methyl sites for hydroxylation is 1. The van der Waals surface area contributed by atoms with Crippen LogP contribution >= 0.6 is 0 Å². The third-order valence-corrected chi connectivity index (χ3v) is 9.40. The average molecular weight is 551 g/mol. The molecule has 0 amide bonds. The lowest BCUT2D eigenvalue weighted by atomic mass is 10.1. The number of carbonyl (C=O) groups is 1. The maximum Gasteiger partial charge on any atom is 0.317 e. The summed E-state index contributed by atoms with van der Waals surface area (Å²) in [5, 5.41) is 12.2. The number of rotatable bonds is 12. The van der Waals surface area contributed by atoms with Crippen LogP contribution in [0, 0.1) is 16.6 Å². The number of likely N-dealkylation sites (tertiary alicyclic amines) is 1. The third-order valence-electron chi connectivity index (χ3n) is 6.43. The average Bonchev–Trinajstić information content (AvgIpc) is 3.27. The molecule has 2 atom stereocenters. The first-order valence-corrected chi connectivity index (χ1v) is 15.9. The summed E-state index contributed by atoms with van der Waals surface area (Å²) >= 11 is 0. The van der Waals surface area contributed by atoms with E-state index in [-0.39, 0.29) is 34.7 Å². The normalized spacial score (nSPS) is 18.0. The van der Waals surface area contributed by atoms with E-state index in [9.17, 15) is 17.4 Å². The molecule has 1 heterocycles. The van der Waals surface area contributed by atoms with Gasteiger partial charge in [-0.15, -0.1) is 0 Å². The minimum atomic E-state index is -3.98. The van der Waals surface area contributed by atoms with Gasteiger partial charge in [0.25, 0.3) is 10.0 Å². The number of anilines is 2. The molecule has 0 bridgehead atoms. The molecule has 2 unspecified atom stereocenters. The summed E-state index contributed by atoms with van der Waals surface area (Å²) in [6, 6.07) is 11.9.